The van der Waals surface area contributed by atoms with Gasteiger partial charge in [0.1, 0.15) is 5.75 Å². The molecule has 0 unspecified atom stereocenters. The van der Waals surface area contributed by atoms with Gasteiger partial charge in [0.05, 0.1) is 16.3 Å². The molecule has 2 N–H and O–H groups in total. The first-order valence-electron chi connectivity index (χ1n) is 10.3. The van der Waals surface area contributed by atoms with E-state index in [2.05, 4.69) is 15.6 Å². The Hall–Kier alpha value is -3.28. The fourth-order valence-corrected chi connectivity index (χ4v) is 5.54. The summed E-state index contributed by atoms with van der Waals surface area (Å²) in [4.78, 5) is 28.8. The molecule has 4 rings (SSSR count). The number of nitrogens with zero attached hydrogens (tertiary/aromatic N) is 2. The minimum Gasteiger partial charge on any atom is -0.482 e. The van der Waals surface area contributed by atoms with Gasteiger partial charge in [-0.05, 0) is 42.5 Å². The average molecular weight is 487 g/mol. The van der Waals surface area contributed by atoms with E-state index in [-0.39, 0.29) is 17.4 Å². The summed E-state index contributed by atoms with van der Waals surface area (Å²) in [5.41, 5.74) is 2.29. The van der Waals surface area contributed by atoms with Gasteiger partial charge in [-0.25, -0.2) is 13.4 Å². The van der Waals surface area contributed by atoms with Crippen molar-refractivity contribution in [2.45, 2.75) is 18.7 Å². The molecule has 1 aliphatic heterocycles. The van der Waals surface area contributed by atoms with Crippen LogP contribution < -0.4 is 15.4 Å². The van der Waals surface area contributed by atoms with Crippen molar-refractivity contribution >= 4 is 44.0 Å². The third kappa shape index (κ3) is 4.75. The molecular formula is C22H22N4O5S2. The van der Waals surface area contributed by atoms with E-state index in [0.29, 0.717) is 40.9 Å². The van der Waals surface area contributed by atoms with E-state index in [9.17, 15) is 18.0 Å². The number of aromatic nitrogens is 1. The van der Waals surface area contributed by atoms with Gasteiger partial charge in [0.15, 0.2) is 11.7 Å². The number of sulfonamides is 1. The molecule has 0 aliphatic carbocycles. The fraction of sp³-hybridized carbons (Fsp3) is 0.227. The third-order valence-corrected chi connectivity index (χ3v) is 7.91. The third-order valence-electron chi connectivity index (χ3n) is 5.09. The van der Waals surface area contributed by atoms with Gasteiger partial charge in [-0.15, -0.1) is 11.3 Å². The van der Waals surface area contributed by atoms with Crippen molar-refractivity contribution in [2.75, 3.05) is 30.3 Å². The van der Waals surface area contributed by atoms with Crippen molar-refractivity contribution in [3.8, 4) is 17.0 Å². The molecule has 33 heavy (non-hydrogen) atoms. The van der Waals surface area contributed by atoms with Crippen LogP contribution in [0.3, 0.4) is 0 Å². The number of hydrogen-bond acceptors (Lipinski definition) is 7. The SMILES string of the molecule is CCN(CC)S(=O)(=O)c1ccc(C(=O)Nc2nc(-c3ccc4c(c3)NC(=O)CO4)cs2)cc1. The second-order valence-electron chi connectivity index (χ2n) is 7.15. The molecule has 0 saturated heterocycles. The standard InChI is InChI=1S/C22H22N4O5S2/c1-3-26(4-2)33(29,30)16-8-5-14(6-9-16)21(28)25-22-24-18(13-32-22)15-7-10-19-17(11-15)23-20(27)12-31-19/h5-11,13H,3-4,12H2,1-2H3,(H,23,27)(H,24,25,28). The van der Waals surface area contributed by atoms with E-state index in [1.165, 1.54) is 39.9 Å². The first-order chi connectivity index (χ1) is 15.8. The van der Waals surface area contributed by atoms with Gasteiger partial charge in [-0.1, -0.05) is 13.8 Å². The Morgan fingerprint density at radius 1 is 1.18 bits per heavy atom. The summed E-state index contributed by atoms with van der Waals surface area (Å²) in [6.07, 6.45) is 0. The molecule has 2 amide bonds. The van der Waals surface area contributed by atoms with E-state index < -0.39 is 15.9 Å². The summed E-state index contributed by atoms with van der Waals surface area (Å²) in [6, 6.07) is 11.2. The lowest BCUT2D eigenvalue weighted by atomic mass is 10.1. The number of fused-ring (bicyclic) bond motifs is 1. The number of rotatable bonds is 7. The van der Waals surface area contributed by atoms with Crippen LogP contribution in [-0.2, 0) is 14.8 Å². The second kappa shape index (κ2) is 9.30. The first-order valence-corrected chi connectivity index (χ1v) is 12.6. The zero-order valence-corrected chi connectivity index (χ0v) is 19.6. The molecule has 3 aromatic rings. The van der Waals surface area contributed by atoms with E-state index in [1.54, 1.807) is 31.4 Å². The number of carbonyl (C=O) groups is 2. The topological polar surface area (TPSA) is 118 Å². The fourth-order valence-electron chi connectivity index (χ4n) is 3.37. The van der Waals surface area contributed by atoms with Crippen molar-refractivity contribution in [2.24, 2.45) is 0 Å². The number of nitrogens with one attached hydrogen (secondary N) is 2. The summed E-state index contributed by atoms with van der Waals surface area (Å²) >= 11 is 1.26. The van der Waals surface area contributed by atoms with Crippen molar-refractivity contribution in [1.82, 2.24) is 9.29 Å². The number of amides is 2. The smallest absolute Gasteiger partial charge is 0.262 e. The van der Waals surface area contributed by atoms with Crippen LogP contribution in [0.5, 0.6) is 5.75 Å². The molecule has 0 bridgehead atoms. The Morgan fingerprint density at radius 3 is 2.61 bits per heavy atom. The Labute approximate surface area is 195 Å². The molecule has 2 heterocycles. The van der Waals surface area contributed by atoms with Crippen LogP contribution in [-0.4, -0.2) is 49.2 Å². The molecule has 2 aromatic carbocycles. The first kappa shape index (κ1) is 22.9. The van der Waals surface area contributed by atoms with Gasteiger partial charge in [-0.2, -0.15) is 4.31 Å². The van der Waals surface area contributed by atoms with Gasteiger partial charge < -0.3 is 10.1 Å². The van der Waals surface area contributed by atoms with E-state index in [1.807, 2.05) is 6.07 Å². The van der Waals surface area contributed by atoms with Crippen LogP contribution >= 0.6 is 11.3 Å². The quantitative estimate of drug-likeness (QED) is 0.528. The molecule has 9 nitrogen and oxygen atoms in total. The highest BCUT2D eigenvalue weighted by Crippen LogP contribution is 2.33. The summed E-state index contributed by atoms with van der Waals surface area (Å²) in [7, 11) is -3.58. The zero-order chi connectivity index (χ0) is 23.6. The summed E-state index contributed by atoms with van der Waals surface area (Å²) in [5.74, 6) is -0.0239. The van der Waals surface area contributed by atoms with Crippen LogP contribution in [0.4, 0.5) is 10.8 Å². The Kier molecular flexibility index (Phi) is 6.45. The summed E-state index contributed by atoms with van der Waals surface area (Å²) in [6.45, 7) is 4.29. The number of carbonyl (C=O) groups excluding carboxylic acids is 2. The highest BCUT2D eigenvalue weighted by molar-refractivity contribution is 7.89. The minimum absolute atomic E-state index is 0.0123. The average Bonchev–Trinajstić information content (AvgIpc) is 3.27. The molecule has 0 fully saturated rings. The number of ether oxygens (including phenoxy) is 1. The van der Waals surface area contributed by atoms with Crippen molar-refractivity contribution < 1.29 is 22.7 Å². The van der Waals surface area contributed by atoms with E-state index >= 15 is 0 Å². The minimum atomic E-state index is -3.58. The Balaban J connectivity index is 1.47. The molecule has 0 saturated carbocycles. The van der Waals surface area contributed by atoms with Crippen LogP contribution in [0.1, 0.15) is 24.2 Å². The Morgan fingerprint density at radius 2 is 1.91 bits per heavy atom. The van der Waals surface area contributed by atoms with Crippen molar-refractivity contribution in [3.63, 3.8) is 0 Å². The number of benzene rings is 2. The maximum atomic E-state index is 12.6. The lowest BCUT2D eigenvalue weighted by Gasteiger charge is -2.18. The summed E-state index contributed by atoms with van der Waals surface area (Å²) < 4.78 is 31.9. The zero-order valence-electron chi connectivity index (χ0n) is 18.0. The highest BCUT2D eigenvalue weighted by atomic mass is 32.2. The highest BCUT2D eigenvalue weighted by Gasteiger charge is 2.22. The van der Waals surface area contributed by atoms with Crippen LogP contribution in [0, 0.1) is 0 Å². The number of anilines is 2. The van der Waals surface area contributed by atoms with E-state index in [0.717, 1.165) is 5.56 Å². The Bertz CT molecular complexity index is 1300. The van der Waals surface area contributed by atoms with Gasteiger partial charge in [0.2, 0.25) is 10.0 Å². The second-order valence-corrected chi connectivity index (χ2v) is 9.95. The maximum Gasteiger partial charge on any atom is 0.262 e. The normalized spacial score (nSPS) is 13.2. The van der Waals surface area contributed by atoms with Gasteiger partial charge in [0, 0.05) is 29.6 Å². The van der Waals surface area contributed by atoms with Crippen LogP contribution in [0.25, 0.3) is 11.3 Å². The van der Waals surface area contributed by atoms with E-state index in [4.69, 9.17) is 4.74 Å². The molecule has 11 heteroatoms. The lowest BCUT2D eigenvalue weighted by Crippen LogP contribution is -2.30. The maximum absolute atomic E-state index is 12.6. The van der Waals surface area contributed by atoms with Crippen LogP contribution in [0.2, 0.25) is 0 Å². The molecular weight excluding hydrogens is 464 g/mol. The molecule has 1 aliphatic rings. The molecule has 1 aromatic heterocycles. The predicted molar refractivity (Wildman–Crippen MR) is 126 cm³/mol. The van der Waals surface area contributed by atoms with Gasteiger partial charge in [-0.3, -0.25) is 14.9 Å². The van der Waals surface area contributed by atoms with Gasteiger partial charge in [0.25, 0.3) is 11.8 Å². The number of hydrogen-bond donors (Lipinski definition) is 2. The van der Waals surface area contributed by atoms with Crippen LogP contribution in [0.15, 0.2) is 52.7 Å². The van der Waals surface area contributed by atoms with Crippen molar-refractivity contribution in [3.05, 3.63) is 53.4 Å². The molecule has 0 radical (unpaired) electrons. The molecule has 0 atom stereocenters. The molecule has 172 valence electrons. The number of thiazole rings is 1. The van der Waals surface area contributed by atoms with Gasteiger partial charge >= 0.3 is 0 Å². The molecule has 0 spiro atoms. The van der Waals surface area contributed by atoms with Crippen molar-refractivity contribution in [1.29, 1.82) is 0 Å². The largest absolute Gasteiger partial charge is 0.482 e. The lowest BCUT2D eigenvalue weighted by molar-refractivity contribution is -0.118. The predicted octanol–water partition coefficient (Wildman–Crippen LogP) is 3.42. The summed E-state index contributed by atoms with van der Waals surface area (Å²) in [5, 5.41) is 7.68. The monoisotopic (exact) mass is 486 g/mol.